The Morgan fingerprint density at radius 3 is 2.45 bits per heavy atom. The molecular formula is C18H16O2. The van der Waals surface area contributed by atoms with Gasteiger partial charge in [0.2, 0.25) is 0 Å². The van der Waals surface area contributed by atoms with Gasteiger partial charge < -0.3 is 0 Å². The lowest BCUT2D eigenvalue weighted by Crippen LogP contribution is -2.04. The maximum Gasteiger partial charge on any atom is 0.166 e. The van der Waals surface area contributed by atoms with Crippen LogP contribution in [0.3, 0.4) is 0 Å². The third-order valence-electron chi connectivity index (χ3n) is 3.97. The summed E-state index contributed by atoms with van der Waals surface area (Å²) in [5, 5.41) is 0. The van der Waals surface area contributed by atoms with E-state index in [4.69, 9.17) is 0 Å². The molecule has 0 fully saturated rings. The van der Waals surface area contributed by atoms with Crippen molar-refractivity contribution in [2.45, 2.75) is 20.3 Å². The minimum atomic E-state index is 0.0551. The molecule has 2 aromatic rings. The molecule has 0 heterocycles. The third-order valence-corrected chi connectivity index (χ3v) is 3.97. The summed E-state index contributed by atoms with van der Waals surface area (Å²) in [6.45, 7) is 3.53. The van der Waals surface area contributed by atoms with E-state index < -0.39 is 0 Å². The van der Waals surface area contributed by atoms with Crippen LogP contribution in [0, 0.1) is 5.92 Å². The van der Waals surface area contributed by atoms with Crippen LogP contribution in [-0.2, 0) is 6.42 Å². The Hall–Kier alpha value is -2.22. The first kappa shape index (κ1) is 12.8. The molecule has 20 heavy (non-hydrogen) atoms. The van der Waals surface area contributed by atoms with Crippen LogP contribution in [-0.4, -0.2) is 11.6 Å². The van der Waals surface area contributed by atoms with Crippen molar-refractivity contribution < 1.29 is 9.59 Å². The zero-order chi connectivity index (χ0) is 14.3. The van der Waals surface area contributed by atoms with Crippen molar-refractivity contribution in [1.29, 1.82) is 0 Å². The molecule has 2 nitrogen and oxygen atoms in total. The minimum Gasteiger partial charge on any atom is -0.295 e. The quantitative estimate of drug-likeness (QED) is 0.770. The molecule has 0 saturated heterocycles. The van der Waals surface area contributed by atoms with Crippen molar-refractivity contribution in [3.63, 3.8) is 0 Å². The first-order chi connectivity index (χ1) is 9.58. The topological polar surface area (TPSA) is 34.1 Å². The van der Waals surface area contributed by atoms with E-state index in [2.05, 4.69) is 0 Å². The number of hydrogen-bond donors (Lipinski definition) is 0. The second-order valence-electron chi connectivity index (χ2n) is 5.44. The molecule has 1 aliphatic carbocycles. The van der Waals surface area contributed by atoms with E-state index in [1.807, 2.05) is 49.4 Å². The van der Waals surface area contributed by atoms with Gasteiger partial charge in [0.1, 0.15) is 0 Å². The van der Waals surface area contributed by atoms with Crippen molar-refractivity contribution in [2.75, 3.05) is 0 Å². The fourth-order valence-corrected chi connectivity index (χ4v) is 2.86. The largest absolute Gasteiger partial charge is 0.295 e. The Balaban J connectivity index is 2.10. The van der Waals surface area contributed by atoms with Crippen molar-refractivity contribution in [3.05, 3.63) is 59.2 Å². The summed E-state index contributed by atoms with van der Waals surface area (Å²) < 4.78 is 0. The number of carbonyl (C=O) groups excluding carboxylic acids is 2. The number of ketones is 2. The standard InChI is InChI=1S/C18H16O2/c1-11-10-15-4-3-5-16(17(15)18(11)20)14-8-6-13(7-9-14)12(2)19/h3-9,11H,10H2,1-2H3. The monoisotopic (exact) mass is 264 g/mol. The van der Waals surface area contributed by atoms with Crippen LogP contribution in [0.15, 0.2) is 42.5 Å². The molecular weight excluding hydrogens is 248 g/mol. The van der Waals surface area contributed by atoms with Gasteiger partial charge in [-0.1, -0.05) is 49.4 Å². The SMILES string of the molecule is CC(=O)c1ccc(-c2cccc3c2C(=O)C(C)C3)cc1. The Kier molecular flexibility index (Phi) is 3.01. The predicted octanol–water partition coefficient (Wildman–Crippen LogP) is 3.93. The van der Waals surface area contributed by atoms with Gasteiger partial charge in [0.25, 0.3) is 0 Å². The van der Waals surface area contributed by atoms with Gasteiger partial charge in [-0.25, -0.2) is 0 Å². The molecule has 0 aliphatic heterocycles. The predicted molar refractivity (Wildman–Crippen MR) is 79.1 cm³/mol. The summed E-state index contributed by atoms with van der Waals surface area (Å²) >= 11 is 0. The van der Waals surface area contributed by atoms with E-state index in [1.54, 1.807) is 6.92 Å². The molecule has 100 valence electrons. The van der Waals surface area contributed by atoms with Crippen molar-refractivity contribution in [2.24, 2.45) is 5.92 Å². The highest BCUT2D eigenvalue weighted by molar-refractivity contribution is 6.07. The Labute approximate surface area is 118 Å². The summed E-state index contributed by atoms with van der Waals surface area (Å²) in [7, 11) is 0. The fourth-order valence-electron chi connectivity index (χ4n) is 2.86. The zero-order valence-electron chi connectivity index (χ0n) is 11.6. The Morgan fingerprint density at radius 2 is 1.80 bits per heavy atom. The number of benzene rings is 2. The molecule has 0 aromatic heterocycles. The van der Waals surface area contributed by atoms with Crippen LogP contribution >= 0.6 is 0 Å². The van der Waals surface area contributed by atoms with Crippen LogP contribution in [0.2, 0.25) is 0 Å². The van der Waals surface area contributed by atoms with Gasteiger partial charge in [0.05, 0.1) is 0 Å². The van der Waals surface area contributed by atoms with Crippen LogP contribution in [0.25, 0.3) is 11.1 Å². The highest BCUT2D eigenvalue weighted by atomic mass is 16.1. The Bertz CT molecular complexity index is 696. The van der Waals surface area contributed by atoms with Gasteiger partial charge in [-0.05, 0) is 30.0 Å². The van der Waals surface area contributed by atoms with Gasteiger partial charge in [-0.15, -0.1) is 0 Å². The first-order valence-corrected chi connectivity index (χ1v) is 6.85. The van der Waals surface area contributed by atoms with Crippen molar-refractivity contribution in [1.82, 2.24) is 0 Å². The normalized spacial score (nSPS) is 17.1. The number of hydrogen-bond acceptors (Lipinski definition) is 2. The van der Waals surface area contributed by atoms with E-state index in [0.29, 0.717) is 5.56 Å². The average molecular weight is 264 g/mol. The lowest BCUT2D eigenvalue weighted by atomic mass is 9.95. The van der Waals surface area contributed by atoms with Crippen molar-refractivity contribution >= 4 is 11.6 Å². The lowest BCUT2D eigenvalue weighted by Gasteiger charge is -2.08. The molecule has 0 radical (unpaired) electrons. The number of Topliss-reactive ketones (excluding diaryl/α,β-unsaturated/α-hetero) is 2. The van der Waals surface area contributed by atoms with E-state index in [0.717, 1.165) is 28.7 Å². The molecule has 2 aromatic carbocycles. The average Bonchev–Trinajstić information content (AvgIpc) is 2.74. The smallest absolute Gasteiger partial charge is 0.166 e. The molecule has 2 heteroatoms. The number of carbonyl (C=O) groups is 2. The van der Waals surface area contributed by atoms with Gasteiger partial charge in [-0.3, -0.25) is 9.59 Å². The molecule has 0 bridgehead atoms. The van der Waals surface area contributed by atoms with E-state index >= 15 is 0 Å². The van der Waals surface area contributed by atoms with Crippen LogP contribution in [0.1, 0.15) is 40.1 Å². The highest BCUT2D eigenvalue weighted by Gasteiger charge is 2.29. The number of fused-ring (bicyclic) bond motifs is 1. The molecule has 0 saturated carbocycles. The fraction of sp³-hybridized carbons (Fsp3) is 0.222. The third kappa shape index (κ3) is 1.97. The summed E-state index contributed by atoms with van der Waals surface area (Å²) in [5.41, 5.74) is 4.66. The summed E-state index contributed by atoms with van der Waals surface area (Å²) in [5.74, 6) is 0.355. The maximum absolute atomic E-state index is 12.3. The minimum absolute atomic E-state index is 0.0551. The van der Waals surface area contributed by atoms with E-state index in [1.165, 1.54) is 0 Å². The van der Waals surface area contributed by atoms with Gasteiger partial charge >= 0.3 is 0 Å². The summed E-state index contributed by atoms with van der Waals surface area (Å²) in [6, 6.07) is 13.5. The first-order valence-electron chi connectivity index (χ1n) is 6.85. The maximum atomic E-state index is 12.3. The van der Waals surface area contributed by atoms with Crippen LogP contribution in [0.5, 0.6) is 0 Å². The molecule has 3 rings (SSSR count). The van der Waals surface area contributed by atoms with E-state index in [-0.39, 0.29) is 17.5 Å². The summed E-state index contributed by atoms with van der Waals surface area (Å²) in [4.78, 5) is 23.6. The Morgan fingerprint density at radius 1 is 1.10 bits per heavy atom. The number of rotatable bonds is 2. The van der Waals surface area contributed by atoms with E-state index in [9.17, 15) is 9.59 Å². The molecule has 1 unspecified atom stereocenters. The molecule has 1 aliphatic rings. The highest BCUT2D eigenvalue weighted by Crippen LogP contribution is 2.34. The summed E-state index contributed by atoms with van der Waals surface area (Å²) in [6.07, 6.45) is 0.827. The van der Waals surface area contributed by atoms with Crippen LogP contribution < -0.4 is 0 Å². The molecule has 0 spiro atoms. The lowest BCUT2D eigenvalue weighted by molar-refractivity contribution is 0.0946. The van der Waals surface area contributed by atoms with Crippen molar-refractivity contribution in [3.8, 4) is 11.1 Å². The van der Waals surface area contributed by atoms with Gasteiger partial charge in [0, 0.05) is 17.0 Å². The second kappa shape index (κ2) is 4.71. The van der Waals surface area contributed by atoms with Gasteiger partial charge in [-0.2, -0.15) is 0 Å². The molecule has 1 atom stereocenters. The molecule has 0 amide bonds. The molecule has 0 N–H and O–H groups in total. The second-order valence-corrected chi connectivity index (χ2v) is 5.44. The van der Waals surface area contributed by atoms with Crippen LogP contribution in [0.4, 0.5) is 0 Å². The zero-order valence-corrected chi connectivity index (χ0v) is 11.6. The van der Waals surface area contributed by atoms with Gasteiger partial charge in [0.15, 0.2) is 11.6 Å².